The van der Waals surface area contributed by atoms with Crippen molar-refractivity contribution in [1.29, 1.82) is 0 Å². The Balaban J connectivity index is 1.89. The number of hydrogen-bond acceptors (Lipinski definition) is 2. The normalized spacial score (nSPS) is 18.6. The van der Waals surface area contributed by atoms with Crippen molar-refractivity contribution < 1.29 is 5.11 Å². The Morgan fingerprint density at radius 2 is 2.14 bits per heavy atom. The van der Waals surface area contributed by atoms with E-state index in [-0.39, 0.29) is 6.61 Å². The highest BCUT2D eigenvalue weighted by Gasteiger charge is 2.15. The van der Waals surface area contributed by atoms with E-state index in [1.165, 1.54) is 32.1 Å². The maximum atomic E-state index is 8.89. The van der Waals surface area contributed by atoms with E-state index in [4.69, 9.17) is 5.11 Å². The van der Waals surface area contributed by atoms with E-state index in [0.29, 0.717) is 0 Å². The van der Waals surface area contributed by atoms with Gasteiger partial charge in [-0.1, -0.05) is 32.1 Å². The minimum absolute atomic E-state index is 0.0671. The molecular weight excluding hydrogens is 176 g/mol. The van der Waals surface area contributed by atoms with E-state index in [1.807, 2.05) is 6.07 Å². The van der Waals surface area contributed by atoms with Crippen molar-refractivity contribution in [1.82, 2.24) is 10.2 Å². The minimum Gasteiger partial charge on any atom is -0.390 e. The van der Waals surface area contributed by atoms with E-state index >= 15 is 0 Å². The summed E-state index contributed by atoms with van der Waals surface area (Å²) in [5.41, 5.74) is 1.94. The van der Waals surface area contributed by atoms with Crippen LogP contribution < -0.4 is 0 Å². The van der Waals surface area contributed by atoms with Gasteiger partial charge in [0.2, 0.25) is 0 Å². The Labute approximate surface area is 84.5 Å². The van der Waals surface area contributed by atoms with Crippen LogP contribution in [0.25, 0.3) is 0 Å². The lowest BCUT2D eigenvalue weighted by Gasteiger charge is -2.20. The zero-order valence-electron chi connectivity index (χ0n) is 8.50. The summed E-state index contributed by atoms with van der Waals surface area (Å²) in [6, 6.07) is 1.98. The number of rotatable bonds is 3. The number of aromatic amines is 1. The topological polar surface area (TPSA) is 48.9 Å². The van der Waals surface area contributed by atoms with Crippen LogP contribution >= 0.6 is 0 Å². The number of hydrogen-bond donors (Lipinski definition) is 2. The van der Waals surface area contributed by atoms with Gasteiger partial charge in [0, 0.05) is 0 Å². The van der Waals surface area contributed by atoms with Crippen LogP contribution in [0.15, 0.2) is 6.07 Å². The zero-order chi connectivity index (χ0) is 9.80. The van der Waals surface area contributed by atoms with E-state index in [9.17, 15) is 0 Å². The summed E-state index contributed by atoms with van der Waals surface area (Å²) in [5, 5.41) is 15.9. The van der Waals surface area contributed by atoms with Gasteiger partial charge < -0.3 is 5.11 Å². The zero-order valence-corrected chi connectivity index (χ0v) is 8.50. The van der Waals surface area contributed by atoms with Crippen molar-refractivity contribution in [3.8, 4) is 0 Å². The van der Waals surface area contributed by atoms with Gasteiger partial charge in [0.05, 0.1) is 18.0 Å². The fraction of sp³-hybridized carbons (Fsp3) is 0.727. The molecule has 0 saturated heterocycles. The number of H-pyrrole nitrogens is 1. The molecule has 0 amide bonds. The molecule has 0 aromatic carbocycles. The number of nitrogens with zero attached hydrogens (tertiary/aromatic N) is 1. The molecule has 1 aromatic rings. The Bertz CT molecular complexity index is 277. The lowest BCUT2D eigenvalue weighted by molar-refractivity contribution is 0.276. The highest BCUT2D eigenvalue weighted by molar-refractivity contribution is 5.08. The number of aliphatic hydroxyl groups excluding tert-OH is 1. The molecule has 2 rings (SSSR count). The highest BCUT2D eigenvalue weighted by atomic mass is 16.3. The minimum atomic E-state index is 0.0671. The molecule has 0 bridgehead atoms. The van der Waals surface area contributed by atoms with Gasteiger partial charge in [-0.15, -0.1) is 0 Å². The first-order valence-corrected chi connectivity index (χ1v) is 5.52. The fourth-order valence-electron chi connectivity index (χ4n) is 2.28. The average molecular weight is 194 g/mol. The van der Waals surface area contributed by atoms with Gasteiger partial charge in [-0.3, -0.25) is 5.10 Å². The van der Waals surface area contributed by atoms with Gasteiger partial charge in [0.1, 0.15) is 0 Å². The summed E-state index contributed by atoms with van der Waals surface area (Å²) in [6.07, 6.45) is 7.93. The molecule has 1 aliphatic carbocycles. The standard InChI is InChI=1S/C11H18N2O/c14-8-11-7-10(12-13-11)6-9-4-2-1-3-5-9/h7,9,14H,1-6,8H2,(H,12,13). The summed E-state index contributed by atoms with van der Waals surface area (Å²) < 4.78 is 0. The third kappa shape index (κ3) is 2.35. The summed E-state index contributed by atoms with van der Waals surface area (Å²) in [6.45, 7) is 0.0671. The third-order valence-corrected chi connectivity index (χ3v) is 3.08. The molecule has 0 atom stereocenters. The van der Waals surface area contributed by atoms with Gasteiger partial charge in [0.15, 0.2) is 0 Å². The van der Waals surface area contributed by atoms with Crippen LogP contribution in [0.1, 0.15) is 43.5 Å². The van der Waals surface area contributed by atoms with Crippen molar-refractivity contribution in [3.63, 3.8) is 0 Å². The summed E-state index contributed by atoms with van der Waals surface area (Å²) in [5.74, 6) is 0.818. The monoisotopic (exact) mass is 194 g/mol. The molecule has 0 unspecified atom stereocenters. The fourth-order valence-corrected chi connectivity index (χ4v) is 2.28. The first-order valence-electron chi connectivity index (χ1n) is 5.52. The molecule has 14 heavy (non-hydrogen) atoms. The van der Waals surface area contributed by atoms with Gasteiger partial charge >= 0.3 is 0 Å². The summed E-state index contributed by atoms with van der Waals surface area (Å²) in [4.78, 5) is 0. The maximum Gasteiger partial charge on any atom is 0.0847 e. The van der Waals surface area contributed by atoms with Crippen molar-refractivity contribution >= 4 is 0 Å². The summed E-state index contributed by atoms with van der Waals surface area (Å²) in [7, 11) is 0. The van der Waals surface area contributed by atoms with Crippen LogP contribution in [0.3, 0.4) is 0 Å². The predicted molar refractivity (Wildman–Crippen MR) is 54.8 cm³/mol. The Morgan fingerprint density at radius 1 is 1.36 bits per heavy atom. The van der Waals surface area contributed by atoms with Crippen LogP contribution in [0, 0.1) is 5.92 Å². The third-order valence-electron chi connectivity index (χ3n) is 3.08. The van der Waals surface area contributed by atoms with Crippen molar-refractivity contribution in [2.24, 2.45) is 5.92 Å². The molecule has 1 saturated carbocycles. The molecule has 3 nitrogen and oxygen atoms in total. The second kappa shape index (κ2) is 4.60. The van der Waals surface area contributed by atoms with Crippen molar-refractivity contribution in [3.05, 3.63) is 17.5 Å². The van der Waals surface area contributed by atoms with E-state index in [0.717, 1.165) is 23.7 Å². The molecule has 78 valence electrons. The van der Waals surface area contributed by atoms with Crippen LogP contribution in [-0.2, 0) is 13.0 Å². The lowest BCUT2D eigenvalue weighted by Crippen LogP contribution is -2.09. The highest BCUT2D eigenvalue weighted by Crippen LogP contribution is 2.26. The molecule has 0 aliphatic heterocycles. The first kappa shape index (κ1) is 9.71. The molecule has 2 N–H and O–H groups in total. The van der Waals surface area contributed by atoms with Gasteiger partial charge in [-0.2, -0.15) is 5.10 Å². The van der Waals surface area contributed by atoms with Crippen LogP contribution in [0.4, 0.5) is 0 Å². The first-order chi connectivity index (χ1) is 6.88. The number of aromatic nitrogens is 2. The second-order valence-electron chi connectivity index (χ2n) is 4.25. The molecule has 1 aliphatic rings. The van der Waals surface area contributed by atoms with Crippen LogP contribution in [-0.4, -0.2) is 15.3 Å². The molecule has 3 heteroatoms. The molecule has 0 spiro atoms. The quantitative estimate of drug-likeness (QED) is 0.773. The number of nitrogens with one attached hydrogen (secondary N) is 1. The van der Waals surface area contributed by atoms with Gasteiger partial charge in [-0.05, 0) is 18.4 Å². The second-order valence-corrected chi connectivity index (χ2v) is 4.25. The van der Waals surface area contributed by atoms with Crippen molar-refractivity contribution in [2.75, 3.05) is 0 Å². The molecule has 1 heterocycles. The van der Waals surface area contributed by atoms with Crippen LogP contribution in [0.5, 0.6) is 0 Å². The molecular formula is C11H18N2O. The van der Waals surface area contributed by atoms with Gasteiger partial charge in [-0.25, -0.2) is 0 Å². The Kier molecular flexibility index (Phi) is 3.19. The average Bonchev–Trinajstić information content (AvgIpc) is 2.67. The molecule has 0 radical (unpaired) electrons. The van der Waals surface area contributed by atoms with Crippen molar-refractivity contribution in [2.45, 2.75) is 45.1 Å². The Hall–Kier alpha value is -0.830. The van der Waals surface area contributed by atoms with E-state index in [1.54, 1.807) is 0 Å². The number of aliphatic hydroxyl groups is 1. The predicted octanol–water partition coefficient (Wildman–Crippen LogP) is 2.02. The maximum absolute atomic E-state index is 8.89. The Morgan fingerprint density at radius 3 is 2.79 bits per heavy atom. The SMILES string of the molecule is OCc1cc(CC2CCCCC2)n[nH]1. The smallest absolute Gasteiger partial charge is 0.0847 e. The summed E-state index contributed by atoms with van der Waals surface area (Å²) >= 11 is 0. The van der Waals surface area contributed by atoms with Gasteiger partial charge in [0.25, 0.3) is 0 Å². The lowest BCUT2D eigenvalue weighted by atomic mass is 9.86. The van der Waals surface area contributed by atoms with E-state index in [2.05, 4.69) is 10.2 Å². The van der Waals surface area contributed by atoms with E-state index < -0.39 is 0 Å². The van der Waals surface area contributed by atoms with Crippen LogP contribution in [0.2, 0.25) is 0 Å². The molecule has 1 fully saturated rings. The molecule has 1 aromatic heterocycles. The largest absolute Gasteiger partial charge is 0.390 e.